The molecular weight excluding hydrogens is 204 g/mol. The average Bonchev–Trinajstić information content (AvgIpc) is 2.56. The smallest absolute Gasteiger partial charge is 0.239 e. The SMILES string of the molecule is COCC(C)N(C)C(=O)C1CCCCCN1. The van der Waals surface area contributed by atoms with Crippen molar-refractivity contribution in [3.8, 4) is 0 Å². The van der Waals surface area contributed by atoms with Crippen LogP contribution in [0, 0.1) is 0 Å². The van der Waals surface area contributed by atoms with Gasteiger partial charge in [0.05, 0.1) is 18.7 Å². The van der Waals surface area contributed by atoms with Gasteiger partial charge < -0.3 is 15.0 Å². The molecule has 1 N–H and O–H groups in total. The lowest BCUT2D eigenvalue weighted by molar-refractivity contribution is -0.135. The number of methoxy groups -OCH3 is 1. The molecule has 0 spiro atoms. The van der Waals surface area contributed by atoms with Gasteiger partial charge >= 0.3 is 0 Å². The molecule has 0 bridgehead atoms. The average molecular weight is 228 g/mol. The largest absolute Gasteiger partial charge is 0.383 e. The third kappa shape index (κ3) is 3.76. The topological polar surface area (TPSA) is 41.6 Å². The van der Waals surface area contributed by atoms with Gasteiger partial charge in [-0.15, -0.1) is 0 Å². The minimum Gasteiger partial charge on any atom is -0.383 e. The van der Waals surface area contributed by atoms with E-state index in [-0.39, 0.29) is 18.0 Å². The molecule has 0 aromatic carbocycles. The highest BCUT2D eigenvalue weighted by Crippen LogP contribution is 2.11. The molecule has 1 amide bonds. The summed E-state index contributed by atoms with van der Waals surface area (Å²) in [5.41, 5.74) is 0. The number of hydrogen-bond donors (Lipinski definition) is 1. The van der Waals surface area contributed by atoms with Gasteiger partial charge in [0.2, 0.25) is 5.91 Å². The number of nitrogens with zero attached hydrogens (tertiary/aromatic N) is 1. The summed E-state index contributed by atoms with van der Waals surface area (Å²) in [5.74, 6) is 0.200. The van der Waals surface area contributed by atoms with Crippen LogP contribution >= 0.6 is 0 Å². The molecule has 4 heteroatoms. The van der Waals surface area contributed by atoms with Gasteiger partial charge in [-0.3, -0.25) is 4.79 Å². The molecule has 0 aromatic rings. The normalized spacial score (nSPS) is 23.6. The molecule has 2 atom stereocenters. The van der Waals surface area contributed by atoms with E-state index in [9.17, 15) is 4.79 Å². The second kappa shape index (κ2) is 6.86. The molecule has 0 aliphatic carbocycles. The zero-order chi connectivity index (χ0) is 12.0. The Kier molecular flexibility index (Phi) is 5.77. The third-order valence-corrected chi connectivity index (χ3v) is 3.28. The standard InChI is InChI=1S/C12H24N2O2/c1-10(9-16-3)14(2)12(15)11-7-5-4-6-8-13-11/h10-11,13H,4-9H2,1-3H3. The molecule has 16 heavy (non-hydrogen) atoms. The van der Waals surface area contributed by atoms with Crippen LogP contribution in [0.1, 0.15) is 32.6 Å². The molecule has 2 unspecified atom stereocenters. The zero-order valence-electron chi connectivity index (χ0n) is 10.7. The van der Waals surface area contributed by atoms with Crippen LogP contribution in [0.4, 0.5) is 0 Å². The number of carbonyl (C=O) groups is 1. The summed E-state index contributed by atoms with van der Waals surface area (Å²) in [6.45, 7) is 3.57. The molecule has 1 aliphatic heterocycles. The summed E-state index contributed by atoms with van der Waals surface area (Å²) in [6, 6.07) is 0.148. The minimum absolute atomic E-state index is 0.00630. The maximum absolute atomic E-state index is 12.2. The minimum atomic E-state index is 0.00630. The fraction of sp³-hybridized carbons (Fsp3) is 0.917. The maximum Gasteiger partial charge on any atom is 0.239 e. The highest BCUT2D eigenvalue weighted by atomic mass is 16.5. The lowest BCUT2D eigenvalue weighted by atomic mass is 10.1. The van der Waals surface area contributed by atoms with Gasteiger partial charge in [-0.25, -0.2) is 0 Å². The molecule has 1 saturated heterocycles. The second-order valence-electron chi connectivity index (χ2n) is 4.61. The van der Waals surface area contributed by atoms with Gasteiger partial charge in [0.15, 0.2) is 0 Å². The summed E-state index contributed by atoms with van der Waals surface area (Å²) in [5, 5.41) is 3.33. The first-order chi connectivity index (χ1) is 7.66. The Labute approximate surface area is 98.3 Å². The molecule has 1 fully saturated rings. The fourth-order valence-electron chi connectivity index (χ4n) is 2.06. The number of amides is 1. The molecule has 1 rings (SSSR count). The lowest BCUT2D eigenvalue weighted by Crippen LogP contribution is -2.48. The number of carbonyl (C=O) groups excluding carboxylic acids is 1. The number of hydrogen-bond acceptors (Lipinski definition) is 3. The summed E-state index contributed by atoms with van der Waals surface area (Å²) >= 11 is 0. The molecule has 0 aromatic heterocycles. The second-order valence-corrected chi connectivity index (χ2v) is 4.61. The molecule has 1 heterocycles. The van der Waals surface area contributed by atoms with E-state index in [0.29, 0.717) is 6.61 Å². The van der Waals surface area contributed by atoms with Gasteiger partial charge in [0.1, 0.15) is 0 Å². The summed E-state index contributed by atoms with van der Waals surface area (Å²) < 4.78 is 5.07. The zero-order valence-corrected chi connectivity index (χ0v) is 10.7. The monoisotopic (exact) mass is 228 g/mol. The van der Waals surface area contributed by atoms with E-state index >= 15 is 0 Å². The Morgan fingerprint density at radius 1 is 1.50 bits per heavy atom. The summed E-state index contributed by atoms with van der Waals surface area (Å²) in [4.78, 5) is 14.0. The third-order valence-electron chi connectivity index (χ3n) is 3.28. The van der Waals surface area contributed by atoms with Crippen LogP contribution in [0.3, 0.4) is 0 Å². The van der Waals surface area contributed by atoms with Gasteiger partial charge in [-0.2, -0.15) is 0 Å². The van der Waals surface area contributed by atoms with Gasteiger partial charge in [-0.1, -0.05) is 12.8 Å². The van der Waals surface area contributed by atoms with Crippen LogP contribution in [-0.4, -0.2) is 50.2 Å². The molecule has 0 radical (unpaired) electrons. The van der Waals surface area contributed by atoms with Crippen molar-refractivity contribution < 1.29 is 9.53 Å². The van der Waals surface area contributed by atoms with E-state index in [2.05, 4.69) is 5.32 Å². The van der Waals surface area contributed by atoms with E-state index in [1.54, 1.807) is 12.0 Å². The van der Waals surface area contributed by atoms with Crippen molar-refractivity contribution in [3.05, 3.63) is 0 Å². The fourth-order valence-corrected chi connectivity index (χ4v) is 2.06. The summed E-state index contributed by atoms with van der Waals surface area (Å²) in [7, 11) is 3.53. The molecule has 4 nitrogen and oxygen atoms in total. The highest BCUT2D eigenvalue weighted by Gasteiger charge is 2.25. The van der Waals surface area contributed by atoms with Crippen LogP contribution in [0.5, 0.6) is 0 Å². The quantitative estimate of drug-likeness (QED) is 0.781. The Hall–Kier alpha value is -0.610. The number of likely N-dealkylation sites (N-methyl/N-ethyl adjacent to an activating group) is 1. The van der Waals surface area contributed by atoms with Crippen LogP contribution in [-0.2, 0) is 9.53 Å². The highest BCUT2D eigenvalue weighted by molar-refractivity contribution is 5.81. The van der Waals surface area contributed by atoms with Crippen LogP contribution in [0.25, 0.3) is 0 Å². The number of nitrogens with one attached hydrogen (secondary N) is 1. The molecule has 94 valence electrons. The van der Waals surface area contributed by atoms with Crippen molar-refractivity contribution in [2.45, 2.75) is 44.7 Å². The van der Waals surface area contributed by atoms with Crippen LogP contribution in [0.15, 0.2) is 0 Å². The first-order valence-corrected chi connectivity index (χ1v) is 6.15. The van der Waals surface area contributed by atoms with Gasteiger partial charge in [0.25, 0.3) is 0 Å². The first-order valence-electron chi connectivity index (χ1n) is 6.15. The van der Waals surface area contributed by atoms with E-state index in [1.807, 2.05) is 14.0 Å². The lowest BCUT2D eigenvalue weighted by Gasteiger charge is -2.28. The van der Waals surface area contributed by atoms with Crippen molar-refractivity contribution in [1.29, 1.82) is 0 Å². The Morgan fingerprint density at radius 3 is 2.94 bits per heavy atom. The van der Waals surface area contributed by atoms with Crippen LogP contribution < -0.4 is 5.32 Å². The van der Waals surface area contributed by atoms with Crippen LogP contribution in [0.2, 0.25) is 0 Å². The predicted octanol–water partition coefficient (Wildman–Crippen LogP) is 1.01. The van der Waals surface area contributed by atoms with E-state index in [1.165, 1.54) is 12.8 Å². The Morgan fingerprint density at radius 2 is 2.25 bits per heavy atom. The van der Waals surface area contributed by atoms with Crippen molar-refractivity contribution in [2.24, 2.45) is 0 Å². The van der Waals surface area contributed by atoms with Crippen molar-refractivity contribution in [2.75, 3.05) is 27.3 Å². The van der Waals surface area contributed by atoms with Crippen molar-refractivity contribution in [1.82, 2.24) is 10.2 Å². The first kappa shape index (κ1) is 13.5. The maximum atomic E-state index is 12.2. The predicted molar refractivity (Wildman–Crippen MR) is 64.4 cm³/mol. The van der Waals surface area contributed by atoms with Crippen molar-refractivity contribution >= 4 is 5.91 Å². The van der Waals surface area contributed by atoms with Gasteiger partial charge in [0, 0.05) is 14.2 Å². The number of ether oxygens (including phenoxy) is 1. The Balaban J connectivity index is 2.47. The molecule has 1 aliphatic rings. The molecular formula is C12H24N2O2. The van der Waals surface area contributed by atoms with E-state index in [4.69, 9.17) is 4.74 Å². The summed E-state index contributed by atoms with van der Waals surface area (Å²) in [6.07, 6.45) is 4.52. The molecule has 0 saturated carbocycles. The van der Waals surface area contributed by atoms with Gasteiger partial charge in [-0.05, 0) is 26.3 Å². The van der Waals surface area contributed by atoms with Crippen molar-refractivity contribution in [3.63, 3.8) is 0 Å². The van der Waals surface area contributed by atoms with E-state index < -0.39 is 0 Å². The number of rotatable bonds is 4. The Bertz CT molecular complexity index is 213. The van der Waals surface area contributed by atoms with E-state index in [0.717, 1.165) is 19.4 Å².